The standard InChI is InChI=1S/C19H26N4O/c1-21(2)10-11-22-8-7-15(13-22)23-9-6-14-12-20-19(24)16-4-3-5-17(23)18(14)16/h3-5,12,15H,6-11,13H2,1-2H3,(H,20,24). The predicted molar refractivity (Wildman–Crippen MR) is 97.9 cm³/mol. The fourth-order valence-corrected chi connectivity index (χ4v) is 4.12. The van der Waals surface area contributed by atoms with Crippen LogP contribution in [0.3, 0.4) is 0 Å². The van der Waals surface area contributed by atoms with E-state index in [-0.39, 0.29) is 5.88 Å². The molecule has 1 saturated heterocycles. The van der Waals surface area contributed by atoms with Crippen molar-refractivity contribution in [3.05, 3.63) is 30.0 Å². The maximum atomic E-state index is 10.1. The number of hydrogen-bond acceptors (Lipinski definition) is 5. The number of nitrogens with zero attached hydrogens (tertiary/aromatic N) is 4. The largest absolute Gasteiger partial charge is 0.493 e. The van der Waals surface area contributed by atoms with Gasteiger partial charge in [-0.1, -0.05) is 6.07 Å². The van der Waals surface area contributed by atoms with Crippen LogP contribution in [-0.2, 0) is 6.42 Å². The van der Waals surface area contributed by atoms with Gasteiger partial charge in [0.05, 0.1) is 0 Å². The van der Waals surface area contributed by atoms with Crippen LogP contribution in [0, 0.1) is 0 Å². The minimum absolute atomic E-state index is 0.150. The zero-order chi connectivity index (χ0) is 16.7. The second kappa shape index (κ2) is 6.22. The second-order valence-corrected chi connectivity index (χ2v) is 7.30. The lowest BCUT2D eigenvalue weighted by atomic mass is 9.97. The van der Waals surface area contributed by atoms with E-state index < -0.39 is 0 Å². The predicted octanol–water partition coefficient (Wildman–Crippen LogP) is 1.94. The molecule has 24 heavy (non-hydrogen) atoms. The Morgan fingerprint density at radius 2 is 2.17 bits per heavy atom. The monoisotopic (exact) mass is 326 g/mol. The van der Waals surface area contributed by atoms with E-state index in [2.05, 4.69) is 39.8 Å². The van der Waals surface area contributed by atoms with E-state index in [1.807, 2.05) is 18.3 Å². The van der Waals surface area contributed by atoms with Crippen LogP contribution >= 0.6 is 0 Å². The van der Waals surface area contributed by atoms with Crippen molar-refractivity contribution in [2.45, 2.75) is 18.9 Å². The van der Waals surface area contributed by atoms with Gasteiger partial charge < -0.3 is 14.9 Å². The zero-order valence-electron chi connectivity index (χ0n) is 14.6. The molecule has 0 radical (unpaired) electrons. The number of benzene rings is 1. The van der Waals surface area contributed by atoms with Gasteiger partial charge in [-0.05, 0) is 44.6 Å². The Balaban J connectivity index is 1.60. The molecule has 0 bridgehead atoms. The van der Waals surface area contributed by atoms with E-state index in [0.29, 0.717) is 6.04 Å². The molecule has 5 nitrogen and oxygen atoms in total. The molecule has 5 heteroatoms. The number of aromatic nitrogens is 1. The summed E-state index contributed by atoms with van der Waals surface area (Å²) in [4.78, 5) is 11.5. The van der Waals surface area contributed by atoms with Gasteiger partial charge in [-0.3, -0.25) is 4.90 Å². The molecule has 0 spiro atoms. The van der Waals surface area contributed by atoms with Crippen LogP contribution in [0.4, 0.5) is 5.69 Å². The minimum Gasteiger partial charge on any atom is -0.493 e. The van der Waals surface area contributed by atoms with Crippen molar-refractivity contribution >= 4 is 16.5 Å². The Bertz CT molecular complexity index is 745. The first-order valence-corrected chi connectivity index (χ1v) is 8.87. The Hall–Kier alpha value is -1.85. The first-order chi connectivity index (χ1) is 11.6. The molecule has 1 atom stereocenters. The van der Waals surface area contributed by atoms with E-state index in [9.17, 15) is 5.11 Å². The SMILES string of the molecule is CN(C)CCN1CCC(N2CCc3cnc(O)c4cccc2c34)C1. The molecule has 2 aromatic rings. The molecule has 0 aliphatic carbocycles. The molecule has 1 fully saturated rings. The number of likely N-dealkylation sites (N-methyl/N-ethyl adjacent to an activating group) is 1. The number of rotatable bonds is 4. The van der Waals surface area contributed by atoms with Gasteiger partial charge in [0.1, 0.15) is 0 Å². The summed E-state index contributed by atoms with van der Waals surface area (Å²) >= 11 is 0. The van der Waals surface area contributed by atoms with E-state index in [1.165, 1.54) is 29.6 Å². The van der Waals surface area contributed by atoms with Gasteiger partial charge in [0, 0.05) is 61.4 Å². The Morgan fingerprint density at radius 1 is 1.29 bits per heavy atom. The van der Waals surface area contributed by atoms with E-state index >= 15 is 0 Å². The molecule has 0 amide bonds. The van der Waals surface area contributed by atoms with Crippen molar-refractivity contribution in [3.63, 3.8) is 0 Å². The average molecular weight is 326 g/mol. The van der Waals surface area contributed by atoms with Crippen molar-refractivity contribution in [1.82, 2.24) is 14.8 Å². The van der Waals surface area contributed by atoms with Crippen molar-refractivity contribution in [2.75, 3.05) is 51.7 Å². The first kappa shape index (κ1) is 15.7. The summed E-state index contributed by atoms with van der Waals surface area (Å²) in [6.07, 6.45) is 4.07. The van der Waals surface area contributed by atoms with E-state index in [0.717, 1.165) is 38.0 Å². The van der Waals surface area contributed by atoms with Gasteiger partial charge in [0.2, 0.25) is 5.88 Å². The number of likely N-dealkylation sites (tertiary alicyclic amines) is 1. The number of pyridine rings is 1. The highest BCUT2D eigenvalue weighted by Crippen LogP contribution is 2.38. The number of hydrogen-bond donors (Lipinski definition) is 1. The number of aromatic hydroxyl groups is 1. The Kier molecular flexibility index (Phi) is 4.06. The van der Waals surface area contributed by atoms with Crippen molar-refractivity contribution in [2.24, 2.45) is 0 Å². The van der Waals surface area contributed by atoms with Gasteiger partial charge in [0.15, 0.2) is 0 Å². The molecule has 128 valence electrons. The Labute approximate surface area is 143 Å². The molecule has 0 saturated carbocycles. The van der Waals surface area contributed by atoms with Crippen molar-refractivity contribution in [3.8, 4) is 5.88 Å². The van der Waals surface area contributed by atoms with Crippen LogP contribution in [0.15, 0.2) is 24.4 Å². The lowest BCUT2D eigenvalue weighted by molar-refractivity contribution is 0.280. The van der Waals surface area contributed by atoms with Crippen LogP contribution < -0.4 is 4.90 Å². The van der Waals surface area contributed by atoms with Gasteiger partial charge in [-0.15, -0.1) is 0 Å². The topological polar surface area (TPSA) is 42.8 Å². The summed E-state index contributed by atoms with van der Waals surface area (Å²) in [5.74, 6) is 0.150. The lowest BCUT2D eigenvalue weighted by Gasteiger charge is -2.36. The molecule has 4 rings (SSSR count). The third-order valence-electron chi connectivity index (χ3n) is 5.43. The fourth-order valence-electron chi connectivity index (χ4n) is 4.12. The minimum atomic E-state index is 0.150. The molecular weight excluding hydrogens is 300 g/mol. The molecule has 3 heterocycles. The highest BCUT2D eigenvalue weighted by molar-refractivity contribution is 6.00. The lowest BCUT2D eigenvalue weighted by Crippen LogP contribution is -2.41. The molecule has 1 unspecified atom stereocenters. The fraction of sp³-hybridized carbons (Fsp3) is 0.526. The normalized spacial score (nSPS) is 21.1. The smallest absolute Gasteiger partial charge is 0.218 e. The third kappa shape index (κ3) is 2.72. The summed E-state index contributed by atoms with van der Waals surface area (Å²) in [7, 11) is 4.27. The second-order valence-electron chi connectivity index (χ2n) is 7.30. The van der Waals surface area contributed by atoms with Gasteiger partial charge >= 0.3 is 0 Å². The summed E-state index contributed by atoms with van der Waals surface area (Å²) in [5.41, 5.74) is 2.53. The van der Waals surface area contributed by atoms with E-state index in [4.69, 9.17) is 0 Å². The van der Waals surface area contributed by atoms with Crippen LogP contribution in [0.25, 0.3) is 10.8 Å². The van der Waals surface area contributed by atoms with Crippen LogP contribution in [-0.4, -0.2) is 72.8 Å². The number of anilines is 1. The van der Waals surface area contributed by atoms with Crippen molar-refractivity contribution < 1.29 is 5.11 Å². The van der Waals surface area contributed by atoms with Crippen molar-refractivity contribution in [1.29, 1.82) is 0 Å². The zero-order valence-corrected chi connectivity index (χ0v) is 14.6. The molecule has 2 aliphatic heterocycles. The molecular formula is C19H26N4O. The highest BCUT2D eigenvalue weighted by atomic mass is 16.3. The molecule has 2 aliphatic rings. The average Bonchev–Trinajstić information content (AvgIpc) is 3.05. The summed E-state index contributed by atoms with van der Waals surface area (Å²) < 4.78 is 0. The van der Waals surface area contributed by atoms with Gasteiger partial charge in [0.25, 0.3) is 0 Å². The maximum absolute atomic E-state index is 10.1. The quantitative estimate of drug-likeness (QED) is 0.930. The van der Waals surface area contributed by atoms with Crippen LogP contribution in [0.5, 0.6) is 5.88 Å². The Morgan fingerprint density at radius 3 is 3.00 bits per heavy atom. The van der Waals surface area contributed by atoms with E-state index in [1.54, 1.807) is 0 Å². The molecule has 1 N–H and O–H groups in total. The maximum Gasteiger partial charge on any atom is 0.218 e. The molecule has 1 aromatic heterocycles. The van der Waals surface area contributed by atoms with Crippen LogP contribution in [0.1, 0.15) is 12.0 Å². The van der Waals surface area contributed by atoms with Crippen LogP contribution in [0.2, 0.25) is 0 Å². The summed E-state index contributed by atoms with van der Waals surface area (Å²) in [6.45, 7) is 5.62. The van der Waals surface area contributed by atoms with Gasteiger partial charge in [-0.2, -0.15) is 0 Å². The summed E-state index contributed by atoms with van der Waals surface area (Å²) in [5, 5.41) is 12.2. The van der Waals surface area contributed by atoms with Gasteiger partial charge in [-0.25, -0.2) is 4.98 Å². The third-order valence-corrected chi connectivity index (χ3v) is 5.43. The highest BCUT2D eigenvalue weighted by Gasteiger charge is 2.31. The first-order valence-electron chi connectivity index (χ1n) is 8.87. The molecule has 1 aromatic carbocycles. The summed E-state index contributed by atoms with van der Waals surface area (Å²) in [6, 6.07) is 6.79.